The highest BCUT2D eigenvalue weighted by molar-refractivity contribution is 5.75. The molecule has 0 aliphatic heterocycles. The largest absolute Gasteiger partial charge is 0.546 e. The number of hydrogen-bond donors (Lipinski definition) is 0. The van der Waals surface area contributed by atoms with Crippen LogP contribution in [0.5, 0.6) is 5.75 Å². The van der Waals surface area contributed by atoms with Crippen LogP contribution in [0.4, 0.5) is 0 Å². The lowest BCUT2D eigenvalue weighted by molar-refractivity contribution is -0.321. The van der Waals surface area contributed by atoms with Crippen molar-refractivity contribution in [2.75, 3.05) is 0 Å². The molecule has 0 saturated heterocycles. The predicted octanol–water partition coefficient (Wildman–Crippen LogP) is 1.37. The molecule has 15 heavy (non-hydrogen) atoms. The van der Waals surface area contributed by atoms with Gasteiger partial charge in [0.1, 0.15) is 11.4 Å². The van der Waals surface area contributed by atoms with E-state index in [9.17, 15) is 9.90 Å². The topological polar surface area (TPSA) is 49.4 Å². The Morgan fingerprint density at radius 2 is 2.00 bits per heavy atom. The standard InChI is InChI=1S/C12H16O3/c1-3-9-12(2,11(13)14)15-10-7-5-4-6-8-10/h4-8H,3,9H2,1-2H3,(H,13,14)/p-1. The molecule has 0 fully saturated rings. The lowest BCUT2D eigenvalue weighted by atomic mass is 10.0. The molecule has 0 amide bonds. The molecule has 0 aliphatic rings. The van der Waals surface area contributed by atoms with Crippen LogP contribution in [0.1, 0.15) is 26.7 Å². The molecule has 0 bridgehead atoms. The number of ether oxygens (including phenoxy) is 1. The number of hydrogen-bond acceptors (Lipinski definition) is 3. The monoisotopic (exact) mass is 207 g/mol. The highest BCUT2D eigenvalue weighted by Crippen LogP contribution is 2.21. The molecule has 0 aliphatic carbocycles. The molecule has 0 saturated carbocycles. The molecule has 1 rings (SSSR count). The van der Waals surface area contributed by atoms with Crippen LogP contribution >= 0.6 is 0 Å². The van der Waals surface area contributed by atoms with Crippen molar-refractivity contribution in [3.8, 4) is 5.75 Å². The summed E-state index contributed by atoms with van der Waals surface area (Å²) in [5.74, 6) is -0.620. The Hall–Kier alpha value is -1.51. The fourth-order valence-corrected chi connectivity index (χ4v) is 1.42. The van der Waals surface area contributed by atoms with E-state index in [-0.39, 0.29) is 0 Å². The number of rotatable bonds is 5. The Bertz CT molecular complexity index is 321. The summed E-state index contributed by atoms with van der Waals surface area (Å²) >= 11 is 0. The Morgan fingerprint density at radius 3 is 2.47 bits per heavy atom. The van der Waals surface area contributed by atoms with Crippen LogP contribution in [0.3, 0.4) is 0 Å². The quantitative estimate of drug-likeness (QED) is 0.732. The fraction of sp³-hybridized carbons (Fsp3) is 0.417. The van der Waals surface area contributed by atoms with E-state index in [0.29, 0.717) is 12.2 Å². The normalized spacial score (nSPS) is 14.3. The van der Waals surface area contributed by atoms with Crippen molar-refractivity contribution in [1.82, 2.24) is 0 Å². The average molecular weight is 207 g/mol. The number of benzene rings is 1. The molecule has 0 heterocycles. The molecule has 1 atom stereocenters. The first-order valence-electron chi connectivity index (χ1n) is 5.04. The zero-order valence-corrected chi connectivity index (χ0v) is 9.03. The van der Waals surface area contributed by atoms with Crippen LogP contribution in [-0.4, -0.2) is 11.6 Å². The van der Waals surface area contributed by atoms with Crippen molar-refractivity contribution in [2.24, 2.45) is 0 Å². The molecular weight excluding hydrogens is 192 g/mol. The van der Waals surface area contributed by atoms with Crippen LogP contribution in [0.25, 0.3) is 0 Å². The number of aliphatic carboxylic acids is 1. The summed E-state index contributed by atoms with van der Waals surface area (Å²) in [4.78, 5) is 11.0. The van der Waals surface area contributed by atoms with E-state index in [4.69, 9.17) is 4.74 Å². The van der Waals surface area contributed by atoms with Gasteiger partial charge in [0.2, 0.25) is 0 Å². The molecule has 1 unspecified atom stereocenters. The molecule has 1 aromatic rings. The fourth-order valence-electron chi connectivity index (χ4n) is 1.42. The van der Waals surface area contributed by atoms with Crippen LogP contribution in [0.15, 0.2) is 30.3 Å². The molecule has 0 radical (unpaired) electrons. The Morgan fingerprint density at radius 1 is 1.40 bits per heavy atom. The number of carbonyl (C=O) groups is 1. The summed E-state index contributed by atoms with van der Waals surface area (Å²) in [6, 6.07) is 8.92. The van der Waals surface area contributed by atoms with Gasteiger partial charge in [-0.3, -0.25) is 0 Å². The SMILES string of the molecule is CCCC(C)(Oc1ccccc1)C(=O)[O-]. The summed E-state index contributed by atoms with van der Waals surface area (Å²) in [7, 11) is 0. The van der Waals surface area contributed by atoms with Gasteiger partial charge < -0.3 is 14.6 Å². The molecular formula is C12H15O3-. The third-order valence-corrected chi connectivity index (χ3v) is 2.25. The van der Waals surface area contributed by atoms with Gasteiger partial charge in [-0.15, -0.1) is 0 Å². The van der Waals surface area contributed by atoms with E-state index in [0.717, 1.165) is 6.42 Å². The van der Waals surface area contributed by atoms with Gasteiger partial charge in [-0.25, -0.2) is 0 Å². The van der Waals surface area contributed by atoms with Gasteiger partial charge in [0.25, 0.3) is 0 Å². The maximum atomic E-state index is 11.0. The second kappa shape index (κ2) is 4.82. The van der Waals surface area contributed by atoms with E-state index in [1.165, 1.54) is 0 Å². The van der Waals surface area contributed by atoms with E-state index in [1.807, 2.05) is 13.0 Å². The zero-order valence-electron chi connectivity index (χ0n) is 9.03. The smallest absolute Gasteiger partial charge is 0.145 e. The number of carboxylic acid groups (broad SMARTS) is 1. The molecule has 0 aromatic heterocycles. The average Bonchev–Trinajstić information content (AvgIpc) is 2.19. The minimum absolute atomic E-state index is 0.435. The zero-order chi connectivity index (χ0) is 11.3. The second-order valence-electron chi connectivity index (χ2n) is 3.68. The van der Waals surface area contributed by atoms with Gasteiger partial charge in [-0.2, -0.15) is 0 Å². The summed E-state index contributed by atoms with van der Waals surface area (Å²) < 4.78 is 5.44. The van der Waals surface area contributed by atoms with Crippen LogP contribution < -0.4 is 9.84 Å². The van der Waals surface area contributed by atoms with E-state index in [2.05, 4.69) is 0 Å². The van der Waals surface area contributed by atoms with Gasteiger partial charge in [0.05, 0.1) is 5.97 Å². The number of para-hydroxylation sites is 1. The highest BCUT2D eigenvalue weighted by Gasteiger charge is 2.27. The molecule has 0 N–H and O–H groups in total. The lowest BCUT2D eigenvalue weighted by Gasteiger charge is -2.31. The lowest BCUT2D eigenvalue weighted by Crippen LogP contribution is -2.50. The van der Waals surface area contributed by atoms with Gasteiger partial charge >= 0.3 is 0 Å². The first-order valence-corrected chi connectivity index (χ1v) is 5.04. The summed E-state index contributed by atoms with van der Waals surface area (Å²) in [5, 5.41) is 11.0. The summed E-state index contributed by atoms with van der Waals surface area (Å²) in [6.45, 7) is 3.45. The minimum atomic E-state index is -1.24. The van der Waals surface area contributed by atoms with Crippen molar-refractivity contribution in [3.05, 3.63) is 30.3 Å². The van der Waals surface area contributed by atoms with Crippen LogP contribution in [0.2, 0.25) is 0 Å². The van der Waals surface area contributed by atoms with Crippen molar-refractivity contribution < 1.29 is 14.6 Å². The first-order chi connectivity index (χ1) is 7.08. The minimum Gasteiger partial charge on any atom is -0.546 e. The van der Waals surface area contributed by atoms with Crippen molar-refractivity contribution in [3.63, 3.8) is 0 Å². The van der Waals surface area contributed by atoms with Crippen molar-refractivity contribution in [2.45, 2.75) is 32.3 Å². The van der Waals surface area contributed by atoms with Crippen molar-refractivity contribution in [1.29, 1.82) is 0 Å². The molecule has 3 heteroatoms. The Labute approximate surface area is 89.7 Å². The number of carbonyl (C=O) groups excluding carboxylic acids is 1. The van der Waals surface area contributed by atoms with Crippen LogP contribution in [-0.2, 0) is 4.79 Å². The molecule has 0 spiro atoms. The summed E-state index contributed by atoms with van der Waals surface area (Å²) in [5.41, 5.74) is -1.24. The Balaban J connectivity index is 2.80. The number of carboxylic acids is 1. The predicted molar refractivity (Wildman–Crippen MR) is 55.4 cm³/mol. The molecule has 82 valence electrons. The summed E-state index contributed by atoms with van der Waals surface area (Å²) in [6.07, 6.45) is 1.17. The third-order valence-electron chi connectivity index (χ3n) is 2.25. The first kappa shape index (κ1) is 11.6. The highest BCUT2D eigenvalue weighted by atomic mass is 16.5. The second-order valence-corrected chi connectivity index (χ2v) is 3.68. The van der Waals surface area contributed by atoms with E-state index in [1.54, 1.807) is 31.2 Å². The van der Waals surface area contributed by atoms with Gasteiger partial charge in [0, 0.05) is 0 Å². The van der Waals surface area contributed by atoms with E-state index >= 15 is 0 Å². The third kappa shape index (κ3) is 2.98. The molecule has 1 aromatic carbocycles. The van der Waals surface area contributed by atoms with Crippen LogP contribution in [0, 0.1) is 0 Å². The van der Waals surface area contributed by atoms with Gasteiger partial charge in [-0.05, 0) is 25.5 Å². The van der Waals surface area contributed by atoms with E-state index < -0.39 is 11.6 Å². The molecule has 3 nitrogen and oxygen atoms in total. The van der Waals surface area contributed by atoms with Gasteiger partial charge in [0.15, 0.2) is 0 Å². The Kier molecular flexibility index (Phi) is 3.72. The maximum Gasteiger partial charge on any atom is 0.145 e. The van der Waals surface area contributed by atoms with Gasteiger partial charge in [-0.1, -0.05) is 31.5 Å². The maximum absolute atomic E-state index is 11.0. The van der Waals surface area contributed by atoms with Crippen molar-refractivity contribution >= 4 is 5.97 Å².